The number of likely N-dealkylation sites (tertiary alicyclic amines) is 1. The molecule has 2 amide bonds. The maximum absolute atomic E-state index is 13.6. The molecule has 0 spiro atoms. The smallest absolute Gasteiger partial charge is 0.270 e. The van der Waals surface area contributed by atoms with Gasteiger partial charge in [0, 0.05) is 48.0 Å². The zero-order valence-electron chi connectivity index (χ0n) is 21.8. The number of thiazole rings is 1. The Morgan fingerprint density at radius 1 is 1.23 bits per heavy atom. The van der Waals surface area contributed by atoms with Crippen molar-refractivity contribution >= 4 is 45.7 Å². The van der Waals surface area contributed by atoms with Crippen LogP contribution in [0, 0.1) is 5.82 Å². The normalized spacial score (nSPS) is 14.5. The Hall–Kier alpha value is -3.43. The van der Waals surface area contributed by atoms with E-state index in [2.05, 4.69) is 15.3 Å². The Bertz CT molecular complexity index is 1490. The molecule has 0 radical (unpaired) electrons. The number of hydrogen-bond acceptors (Lipinski definition) is 5. The van der Waals surface area contributed by atoms with E-state index in [1.54, 1.807) is 37.4 Å². The molecule has 2 aromatic carbocycles. The van der Waals surface area contributed by atoms with Gasteiger partial charge in [0.15, 0.2) is 5.60 Å². The molecule has 204 valence electrons. The van der Waals surface area contributed by atoms with Crippen molar-refractivity contribution in [3.63, 3.8) is 0 Å². The summed E-state index contributed by atoms with van der Waals surface area (Å²) in [6.07, 6.45) is 3.95. The summed E-state index contributed by atoms with van der Waals surface area (Å²) in [5.74, 6) is 0.0741. The second-order valence-corrected chi connectivity index (χ2v) is 11.5. The second-order valence-electron chi connectivity index (χ2n) is 10.2. The zero-order valence-corrected chi connectivity index (χ0v) is 23.4. The number of nitrogens with zero attached hydrogens (tertiary/aromatic N) is 2. The van der Waals surface area contributed by atoms with E-state index in [1.807, 2.05) is 23.2 Å². The molecule has 1 aliphatic heterocycles. The van der Waals surface area contributed by atoms with Gasteiger partial charge in [-0.15, -0.1) is 11.3 Å². The van der Waals surface area contributed by atoms with Crippen molar-refractivity contribution in [1.82, 2.24) is 20.2 Å². The van der Waals surface area contributed by atoms with Crippen molar-refractivity contribution < 1.29 is 18.7 Å². The predicted octanol–water partition coefficient (Wildman–Crippen LogP) is 5.95. The molecule has 3 heterocycles. The first-order valence-corrected chi connectivity index (χ1v) is 14.2. The quantitative estimate of drug-likeness (QED) is 0.275. The highest BCUT2D eigenvalue weighted by Crippen LogP contribution is 2.33. The third kappa shape index (κ3) is 6.09. The zero-order chi connectivity index (χ0) is 27.6. The van der Waals surface area contributed by atoms with E-state index < -0.39 is 5.60 Å². The molecule has 4 aromatic rings. The summed E-state index contributed by atoms with van der Waals surface area (Å²) in [5, 5.41) is 6.90. The molecule has 10 heteroatoms. The molecule has 2 aromatic heterocycles. The van der Waals surface area contributed by atoms with Crippen molar-refractivity contribution in [1.29, 1.82) is 0 Å². The third-order valence-corrected chi connectivity index (χ3v) is 8.33. The monoisotopic (exact) mass is 568 g/mol. The Morgan fingerprint density at radius 3 is 2.77 bits per heavy atom. The molecule has 1 fully saturated rings. The van der Waals surface area contributed by atoms with Gasteiger partial charge in [-0.25, -0.2) is 9.37 Å². The molecule has 1 aliphatic rings. The molecule has 1 saturated heterocycles. The van der Waals surface area contributed by atoms with Crippen LogP contribution in [0.3, 0.4) is 0 Å². The van der Waals surface area contributed by atoms with E-state index in [0.717, 1.165) is 34.3 Å². The number of carbonyl (C=O) groups excluding carboxylic acids is 2. The first-order valence-electron chi connectivity index (χ1n) is 12.9. The molecular formula is C29H30ClFN4O3S. The van der Waals surface area contributed by atoms with Gasteiger partial charge in [0.2, 0.25) is 0 Å². The first-order chi connectivity index (χ1) is 18.7. The summed E-state index contributed by atoms with van der Waals surface area (Å²) in [4.78, 5) is 35.5. The number of hydrogen-bond donors (Lipinski definition) is 2. The topological polar surface area (TPSA) is 87.3 Å². The lowest BCUT2D eigenvalue weighted by Crippen LogP contribution is -2.51. The van der Waals surface area contributed by atoms with Crippen molar-refractivity contribution in [2.24, 2.45) is 0 Å². The van der Waals surface area contributed by atoms with E-state index in [-0.39, 0.29) is 23.5 Å². The number of carbonyl (C=O) groups is 2. The molecule has 0 atom stereocenters. The molecule has 39 heavy (non-hydrogen) atoms. The Labute approximate surface area is 235 Å². The number of aromatic amines is 1. The van der Waals surface area contributed by atoms with Gasteiger partial charge in [0.25, 0.3) is 11.8 Å². The number of aromatic nitrogens is 2. The molecule has 7 nitrogen and oxygen atoms in total. The number of para-hydroxylation sites is 1. The van der Waals surface area contributed by atoms with E-state index in [0.29, 0.717) is 42.5 Å². The number of nitrogens with one attached hydrogen (secondary N) is 2. The molecular weight excluding hydrogens is 539 g/mol. The number of halogens is 2. The van der Waals surface area contributed by atoms with Crippen LogP contribution in [0.25, 0.3) is 10.9 Å². The number of ether oxygens (including phenoxy) is 1. The van der Waals surface area contributed by atoms with Crippen LogP contribution in [0.15, 0.2) is 54.0 Å². The van der Waals surface area contributed by atoms with Gasteiger partial charge in [-0.2, -0.15) is 0 Å². The van der Waals surface area contributed by atoms with Gasteiger partial charge in [0.05, 0.1) is 10.0 Å². The van der Waals surface area contributed by atoms with Gasteiger partial charge in [-0.05, 0) is 69.0 Å². The number of H-pyrrole nitrogens is 1. The van der Waals surface area contributed by atoms with Crippen molar-refractivity contribution in [2.75, 3.05) is 19.6 Å². The molecule has 2 N–H and O–H groups in total. The molecule has 0 unspecified atom stereocenters. The summed E-state index contributed by atoms with van der Waals surface area (Å²) >= 11 is 7.69. The molecule has 0 bridgehead atoms. The Kier molecular flexibility index (Phi) is 7.91. The van der Waals surface area contributed by atoms with Gasteiger partial charge < -0.3 is 19.9 Å². The average Bonchev–Trinajstić information content (AvgIpc) is 3.57. The van der Waals surface area contributed by atoms with Crippen LogP contribution in [0.2, 0.25) is 5.02 Å². The molecule has 0 aliphatic carbocycles. The maximum Gasteiger partial charge on any atom is 0.270 e. The van der Waals surface area contributed by atoms with Gasteiger partial charge in [-0.1, -0.05) is 23.7 Å². The summed E-state index contributed by atoms with van der Waals surface area (Å²) in [7, 11) is 0. The summed E-state index contributed by atoms with van der Waals surface area (Å²) in [6.45, 7) is 5.11. The number of rotatable bonds is 8. The van der Waals surface area contributed by atoms with Crippen LogP contribution in [0.5, 0.6) is 5.75 Å². The summed E-state index contributed by atoms with van der Waals surface area (Å²) < 4.78 is 19.6. The fourth-order valence-corrected chi connectivity index (χ4v) is 6.04. The molecule has 5 rings (SSSR count). The van der Waals surface area contributed by atoms with E-state index in [4.69, 9.17) is 16.3 Å². The van der Waals surface area contributed by atoms with Crippen LogP contribution < -0.4 is 10.1 Å². The highest BCUT2D eigenvalue weighted by molar-refractivity contribution is 7.09. The second kappa shape index (κ2) is 11.4. The first kappa shape index (κ1) is 27.1. The van der Waals surface area contributed by atoms with E-state index >= 15 is 0 Å². The van der Waals surface area contributed by atoms with Crippen LogP contribution in [-0.2, 0) is 11.2 Å². The van der Waals surface area contributed by atoms with Crippen LogP contribution in [0.1, 0.15) is 53.7 Å². The largest absolute Gasteiger partial charge is 0.476 e. The Morgan fingerprint density at radius 2 is 2.00 bits per heavy atom. The summed E-state index contributed by atoms with van der Waals surface area (Å²) in [5.41, 5.74) is 1.16. The van der Waals surface area contributed by atoms with Crippen LogP contribution in [-0.4, -0.2) is 51.9 Å². The lowest BCUT2D eigenvalue weighted by atomic mass is 9.96. The van der Waals surface area contributed by atoms with Gasteiger partial charge >= 0.3 is 0 Å². The van der Waals surface area contributed by atoms with Crippen LogP contribution >= 0.6 is 22.9 Å². The Balaban J connectivity index is 1.12. The van der Waals surface area contributed by atoms with Gasteiger partial charge in [0.1, 0.15) is 17.3 Å². The minimum atomic E-state index is -1.05. The maximum atomic E-state index is 13.6. The minimum absolute atomic E-state index is 0.0852. The standard InChI is InChI=1S/C29H30ClFN4O3S/c1-29(2,38-25-6-4-3-5-22(25)30)28(37)35-13-10-18(11-14-35)27-34-24(17-39-27)26(36)32-12-9-19-16-33-23-8-7-20(31)15-21(19)23/h3-8,15-18,33H,9-14H2,1-2H3,(H,32,36). The fraction of sp³-hybridized carbons (Fsp3) is 0.345. The highest BCUT2D eigenvalue weighted by atomic mass is 35.5. The van der Waals surface area contributed by atoms with Crippen molar-refractivity contribution in [3.8, 4) is 5.75 Å². The number of benzene rings is 2. The number of piperidine rings is 1. The number of fused-ring (bicyclic) bond motifs is 1. The molecule has 0 saturated carbocycles. The SMILES string of the molecule is CC(C)(Oc1ccccc1Cl)C(=O)N1CCC(c2nc(C(=O)NCCc3c[nH]c4ccc(F)cc34)cs2)CC1. The number of amides is 2. The van der Waals surface area contributed by atoms with Crippen molar-refractivity contribution in [2.45, 2.75) is 44.6 Å². The third-order valence-electron chi connectivity index (χ3n) is 7.01. The van der Waals surface area contributed by atoms with Gasteiger partial charge in [-0.3, -0.25) is 9.59 Å². The average molecular weight is 569 g/mol. The lowest BCUT2D eigenvalue weighted by Gasteiger charge is -2.36. The van der Waals surface area contributed by atoms with E-state index in [9.17, 15) is 14.0 Å². The fourth-order valence-electron chi connectivity index (χ4n) is 4.89. The van der Waals surface area contributed by atoms with E-state index in [1.165, 1.54) is 23.5 Å². The highest BCUT2D eigenvalue weighted by Gasteiger charge is 2.37. The van der Waals surface area contributed by atoms with Crippen molar-refractivity contribution in [3.05, 3.63) is 81.1 Å². The lowest BCUT2D eigenvalue weighted by molar-refractivity contribution is -0.146. The predicted molar refractivity (Wildman–Crippen MR) is 151 cm³/mol. The summed E-state index contributed by atoms with van der Waals surface area (Å²) in [6, 6.07) is 11.8. The van der Waals surface area contributed by atoms with Crippen LogP contribution in [0.4, 0.5) is 4.39 Å². The minimum Gasteiger partial charge on any atom is -0.476 e.